The van der Waals surface area contributed by atoms with E-state index in [1.54, 1.807) is 0 Å². The third-order valence-corrected chi connectivity index (χ3v) is 1.16. The fourth-order valence-electron chi connectivity index (χ4n) is 0.706. The van der Waals surface area contributed by atoms with E-state index in [0.29, 0.717) is 5.78 Å². The monoisotopic (exact) mass is 151 g/mol. The minimum absolute atomic E-state index is 0. The van der Waals surface area contributed by atoms with Crippen LogP contribution in [0.15, 0.2) is 0 Å². The number of rotatable bonds is 0. The second-order valence-corrected chi connectivity index (χ2v) is 1.79. The zero-order chi connectivity index (χ0) is 5.11. The molecule has 3 heteroatoms. The minimum Gasteiger partial charge on any atom is -0.316 e. The smallest absolute Gasteiger partial charge is 0.135 e. The number of hydrogen-bond acceptors (Lipinski definition) is 2. The van der Waals surface area contributed by atoms with Crippen LogP contribution in [0.1, 0.15) is 20.3 Å². The predicted octanol–water partition coefficient (Wildman–Crippen LogP) is 0.997. The molecule has 0 saturated carbocycles. The Morgan fingerprint density at radius 1 is 1.22 bits per heavy atom. The van der Waals surface area contributed by atoms with Crippen LogP contribution in [0.2, 0.25) is 0 Å². The largest absolute Gasteiger partial charge is 0.316 e. The SMILES string of the molecule is C.Cl.O=C1CCNCC1. The van der Waals surface area contributed by atoms with Gasteiger partial charge in [-0.3, -0.25) is 4.79 Å². The van der Waals surface area contributed by atoms with Crippen molar-refractivity contribution in [2.24, 2.45) is 0 Å². The lowest BCUT2D eigenvalue weighted by Crippen LogP contribution is -2.27. The molecule has 0 aliphatic carbocycles. The first-order valence-corrected chi connectivity index (χ1v) is 2.62. The molecule has 1 saturated heterocycles. The summed E-state index contributed by atoms with van der Waals surface area (Å²) in [5, 5.41) is 3.09. The Labute approximate surface area is 62.4 Å². The normalized spacial score (nSPS) is 17.6. The van der Waals surface area contributed by atoms with E-state index in [-0.39, 0.29) is 19.8 Å². The first-order chi connectivity index (χ1) is 3.39. The Morgan fingerprint density at radius 2 is 1.67 bits per heavy atom. The van der Waals surface area contributed by atoms with Gasteiger partial charge in [0.25, 0.3) is 0 Å². The van der Waals surface area contributed by atoms with Gasteiger partial charge in [-0.25, -0.2) is 0 Å². The molecule has 1 aliphatic rings. The maximum Gasteiger partial charge on any atom is 0.135 e. The van der Waals surface area contributed by atoms with Gasteiger partial charge in [0.15, 0.2) is 0 Å². The third-order valence-electron chi connectivity index (χ3n) is 1.16. The van der Waals surface area contributed by atoms with Crippen LogP contribution in [-0.4, -0.2) is 18.9 Å². The molecular weight excluding hydrogens is 138 g/mol. The van der Waals surface area contributed by atoms with Gasteiger partial charge in [-0.2, -0.15) is 0 Å². The minimum atomic E-state index is 0. The number of carbonyl (C=O) groups excluding carboxylic acids is 1. The van der Waals surface area contributed by atoms with Crippen molar-refractivity contribution in [2.75, 3.05) is 13.1 Å². The fourth-order valence-corrected chi connectivity index (χ4v) is 0.706. The lowest BCUT2D eigenvalue weighted by molar-refractivity contribution is -0.119. The summed E-state index contributed by atoms with van der Waals surface area (Å²) < 4.78 is 0. The molecule has 0 radical (unpaired) electrons. The summed E-state index contributed by atoms with van der Waals surface area (Å²) in [7, 11) is 0. The summed E-state index contributed by atoms with van der Waals surface area (Å²) in [6.07, 6.45) is 1.47. The van der Waals surface area contributed by atoms with E-state index in [9.17, 15) is 4.79 Å². The first-order valence-electron chi connectivity index (χ1n) is 2.62. The summed E-state index contributed by atoms with van der Waals surface area (Å²) in [6, 6.07) is 0. The quantitative estimate of drug-likeness (QED) is 0.560. The maximum atomic E-state index is 10.4. The summed E-state index contributed by atoms with van der Waals surface area (Å²) >= 11 is 0. The maximum absolute atomic E-state index is 10.4. The van der Waals surface area contributed by atoms with E-state index in [0.717, 1.165) is 25.9 Å². The number of Topliss-reactive ketones (excluding diaryl/α,β-unsaturated/α-hetero) is 1. The van der Waals surface area contributed by atoms with Crippen LogP contribution in [0.25, 0.3) is 0 Å². The second kappa shape index (κ2) is 6.05. The van der Waals surface area contributed by atoms with Crippen molar-refractivity contribution in [2.45, 2.75) is 20.3 Å². The van der Waals surface area contributed by atoms with Gasteiger partial charge in [-0.1, -0.05) is 7.43 Å². The molecule has 1 heterocycles. The number of nitrogens with one attached hydrogen (secondary N) is 1. The van der Waals surface area contributed by atoms with Crippen molar-refractivity contribution in [1.29, 1.82) is 0 Å². The Bertz CT molecular complexity index is 77.1. The van der Waals surface area contributed by atoms with Crippen molar-refractivity contribution in [3.8, 4) is 0 Å². The average molecular weight is 152 g/mol. The highest BCUT2D eigenvalue weighted by Crippen LogP contribution is 1.91. The highest BCUT2D eigenvalue weighted by Gasteiger charge is 2.04. The van der Waals surface area contributed by atoms with Crippen molar-refractivity contribution < 1.29 is 4.79 Å². The zero-order valence-electron chi connectivity index (χ0n) is 4.64. The van der Waals surface area contributed by atoms with E-state index in [4.69, 9.17) is 0 Å². The summed E-state index contributed by atoms with van der Waals surface area (Å²) in [4.78, 5) is 10.4. The van der Waals surface area contributed by atoms with E-state index in [2.05, 4.69) is 5.32 Å². The van der Waals surface area contributed by atoms with Crippen molar-refractivity contribution in [3.63, 3.8) is 0 Å². The topological polar surface area (TPSA) is 29.1 Å². The van der Waals surface area contributed by atoms with Crippen LogP contribution in [0.4, 0.5) is 0 Å². The second-order valence-electron chi connectivity index (χ2n) is 1.79. The van der Waals surface area contributed by atoms with Gasteiger partial charge >= 0.3 is 0 Å². The average Bonchev–Trinajstić information content (AvgIpc) is 1.69. The molecule has 0 spiro atoms. The molecule has 56 valence electrons. The molecule has 1 fully saturated rings. The lowest BCUT2D eigenvalue weighted by atomic mass is 10.1. The van der Waals surface area contributed by atoms with E-state index < -0.39 is 0 Å². The van der Waals surface area contributed by atoms with E-state index in [1.807, 2.05) is 0 Å². The van der Waals surface area contributed by atoms with Crippen molar-refractivity contribution in [1.82, 2.24) is 5.32 Å². The van der Waals surface area contributed by atoms with Crippen LogP contribution in [0, 0.1) is 0 Å². The van der Waals surface area contributed by atoms with Crippen LogP contribution in [0.5, 0.6) is 0 Å². The van der Waals surface area contributed by atoms with Gasteiger partial charge in [-0.15, -0.1) is 12.4 Å². The molecule has 1 N–H and O–H groups in total. The van der Waals surface area contributed by atoms with Crippen LogP contribution < -0.4 is 5.32 Å². The van der Waals surface area contributed by atoms with Gasteiger partial charge < -0.3 is 5.32 Å². The number of halogens is 1. The van der Waals surface area contributed by atoms with Crippen LogP contribution in [-0.2, 0) is 4.79 Å². The van der Waals surface area contributed by atoms with Crippen molar-refractivity contribution >= 4 is 18.2 Å². The van der Waals surface area contributed by atoms with Gasteiger partial charge in [0.1, 0.15) is 5.78 Å². The molecule has 0 amide bonds. The summed E-state index contributed by atoms with van der Waals surface area (Å²) in [5.74, 6) is 0.402. The molecule has 2 nitrogen and oxygen atoms in total. The number of carbonyl (C=O) groups is 1. The Morgan fingerprint density at radius 3 is 1.89 bits per heavy atom. The third kappa shape index (κ3) is 4.43. The van der Waals surface area contributed by atoms with Crippen molar-refractivity contribution in [3.05, 3.63) is 0 Å². The number of ketones is 1. The fraction of sp³-hybridized carbons (Fsp3) is 0.833. The Balaban J connectivity index is 0. The van der Waals surface area contributed by atoms with Gasteiger partial charge in [-0.05, 0) is 0 Å². The molecule has 0 bridgehead atoms. The van der Waals surface area contributed by atoms with E-state index in [1.165, 1.54) is 0 Å². The molecule has 0 unspecified atom stereocenters. The predicted molar refractivity (Wildman–Crippen MR) is 41.1 cm³/mol. The van der Waals surface area contributed by atoms with Crippen LogP contribution >= 0.6 is 12.4 Å². The number of piperidine rings is 1. The van der Waals surface area contributed by atoms with Gasteiger partial charge in [0.2, 0.25) is 0 Å². The Kier molecular flexibility index (Phi) is 7.85. The summed E-state index contributed by atoms with van der Waals surface area (Å²) in [5.41, 5.74) is 0. The molecular formula is C6H14ClNO. The highest BCUT2D eigenvalue weighted by atomic mass is 35.5. The standard InChI is InChI=1S/C5H9NO.CH4.ClH/c7-5-1-3-6-4-2-5;;/h6H,1-4H2;1H4;1H. The zero-order valence-corrected chi connectivity index (χ0v) is 5.46. The molecule has 9 heavy (non-hydrogen) atoms. The highest BCUT2D eigenvalue weighted by molar-refractivity contribution is 5.85. The Hall–Kier alpha value is -0.0800. The van der Waals surface area contributed by atoms with E-state index >= 15 is 0 Å². The number of hydrogen-bond donors (Lipinski definition) is 1. The summed E-state index contributed by atoms with van der Waals surface area (Å²) in [6.45, 7) is 1.78. The van der Waals surface area contributed by atoms with Crippen LogP contribution in [0.3, 0.4) is 0 Å². The molecule has 1 rings (SSSR count). The molecule has 0 aromatic rings. The molecule has 0 aromatic carbocycles. The first kappa shape index (κ1) is 11.7. The van der Waals surface area contributed by atoms with Gasteiger partial charge in [0, 0.05) is 25.9 Å². The van der Waals surface area contributed by atoms with Gasteiger partial charge in [0.05, 0.1) is 0 Å². The molecule has 1 aliphatic heterocycles. The molecule has 0 atom stereocenters. The lowest BCUT2D eigenvalue weighted by Gasteiger charge is -2.08. The molecule has 0 aromatic heterocycles.